The normalized spacial score (nSPS) is 10.5. The van der Waals surface area contributed by atoms with Crippen molar-refractivity contribution >= 4 is 47.2 Å². The van der Waals surface area contributed by atoms with Crippen molar-refractivity contribution in [3.8, 4) is 0 Å². The lowest BCUT2D eigenvalue weighted by atomic mass is 10.5. The van der Waals surface area contributed by atoms with Crippen molar-refractivity contribution in [3.63, 3.8) is 0 Å². The number of aliphatic imine (C=N–C) groups is 1. The monoisotopic (exact) mass is 396 g/mol. The van der Waals surface area contributed by atoms with Crippen LogP contribution in [-0.2, 0) is 11.3 Å². The number of amides is 1. The smallest absolute Gasteiger partial charge is 0.216 e. The first-order chi connectivity index (χ1) is 8.72. The fraction of sp³-hybridized carbons (Fsp3) is 0.500. The summed E-state index contributed by atoms with van der Waals surface area (Å²) in [5, 5.41) is 11.1. The van der Waals surface area contributed by atoms with Crippen LogP contribution in [0.15, 0.2) is 22.5 Å². The van der Waals surface area contributed by atoms with Crippen LogP contribution < -0.4 is 16.0 Å². The second kappa shape index (κ2) is 11.0. The molecule has 0 spiro atoms. The molecule has 0 radical (unpaired) electrons. The molecule has 1 aromatic heterocycles. The number of hydrogen-bond acceptors (Lipinski definition) is 3. The molecule has 0 aliphatic rings. The van der Waals surface area contributed by atoms with E-state index >= 15 is 0 Å². The van der Waals surface area contributed by atoms with Gasteiger partial charge in [0.2, 0.25) is 5.91 Å². The summed E-state index contributed by atoms with van der Waals surface area (Å²) >= 11 is 1.70. The van der Waals surface area contributed by atoms with Crippen LogP contribution in [0, 0.1) is 0 Å². The van der Waals surface area contributed by atoms with Gasteiger partial charge in [-0.05, 0) is 18.4 Å². The summed E-state index contributed by atoms with van der Waals surface area (Å²) in [5.41, 5.74) is 0. The SMILES string of the molecule is CCNC(=NCc1cccs1)NCCNC(C)=O.I. The Bertz CT molecular complexity index is 381. The number of nitrogens with one attached hydrogen (secondary N) is 3. The second-order valence-electron chi connectivity index (χ2n) is 3.68. The number of carbonyl (C=O) groups is 1. The number of nitrogens with zero attached hydrogens (tertiary/aromatic N) is 1. The maximum absolute atomic E-state index is 10.7. The van der Waals surface area contributed by atoms with E-state index in [0.29, 0.717) is 19.6 Å². The van der Waals surface area contributed by atoms with Gasteiger partial charge >= 0.3 is 0 Å². The van der Waals surface area contributed by atoms with Crippen molar-refractivity contribution in [1.82, 2.24) is 16.0 Å². The Hall–Kier alpha value is -0.830. The molecule has 1 heterocycles. The van der Waals surface area contributed by atoms with Gasteiger partial charge in [0.15, 0.2) is 5.96 Å². The molecule has 0 aliphatic heterocycles. The molecule has 0 fully saturated rings. The molecule has 0 saturated heterocycles. The molecule has 1 amide bonds. The Labute approximate surface area is 135 Å². The molecule has 1 rings (SSSR count). The van der Waals surface area contributed by atoms with Crippen LogP contribution in [0.5, 0.6) is 0 Å². The van der Waals surface area contributed by atoms with Gasteiger partial charge in [-0.1, -0.05) is 6.07 Å². The summed E-state index contributed by atoms with van der Waals surface area (Å²) in [7, 11) is 0. The number of carbonyl (C=O) groups excluding carboxylic acids is 1. The number of hydrogen-bond donors (Lipinski definition) is 3. The van der Waals surface area contributed by atoms with Crippen LogP contribution in [0.2, 0.25) is 0 Å². The van der Waals surface area contributed by atoms with Gasteiger partial charge in [0.1, 0.15) is 0 Å². The maximum atomic E-state index is 10.7. The molecule has 0 atom stereocenters. The van der Waals surface area contributed by atoms with Crippen molar-refractivity contribution in [2.75, 3.05) is 19.6 Å². The highest BCUT2D eigenvalue weighted by Gasteiger charge is 1.98. The minimum atomic E-state index is -0.0164. The Kier molecular flexibility index (Phi) is 10.6. The molecular formula is C12H21IN4OS. The summed E-state index contributed by atoms with van der Waals surface area (Å²) < 4.78 is 0. The highest BCUT2D eigenvalue weighted by Crippen LogP contribution is 2.09. The van der Waals surface area contributed by atoms with Crippen molar-refractivity contribution < 1.29 is 4.79 Å². The van der Waals surface area contributed by atoms with E-state index in [1.54, 1.807) is 11.3 Å². The largest absolute Gasteiger partial charge is 0.357 e. The highest BCUT2D eigenvalue weighted by atomic mass is 127. The lowest BCUT2D eigenvalue weighted by Crippen LogP contribution is -2.41. The average Bonchev–Trinajstić information content (AvgIpc) is 2.84. The van der Waals surface area contributed by atoms with E-state index in [4.69, 9.17) is 0 Å². The Morgan fingerprint density at radius 2 is 2.05 bits per heavy atom. The first kappa shape index (κ1) is 18.2. The van der Waals surface area contributed by atoms with Crippen molar-refractivity contribution in [2.45, 2.75) is 20.4 Å². The predicted octanol–water partition coefficient (Wildman–Crippen LogP) is 1.56. The van der Waals surface area contributed by atoms with E-state index in [0.717, 1.165) is 12.5 Å². The summed E-state index contributed by atoms with van der Waals surface area (Å²) in [6, 6.07) is 4.09. The van der Waals surface area contributed by atoms with Gasteiger partial charge < -0.3 is 16.0 Å². The zero-order valence-electron chi connectivity index (χ0n) is 11.2. The molecule has 19 heavy (non-hydrogen) atoms. The van der Waals surface area contributed by atoms with Crippen molar-refractivity contribution in [2.24, 2.45) is 4.99 Å². The lowest BCUT2D eigenvalue weighted by Gasteiger charge is -2.11. The van der Waals surface area contributed by atoms with Crippen LogP contribution in [-0.4, -0.2) is 31.5 Å². The van der Waals surface area contributed by atoms with Crippen molar-refractivity contribution in [1.29, 1.82) is 0 Å². The van der Waals surface area contributed by atoms with E-state index in [9.17, 15) is 4.79 Å². The van der Waals surface area contributed by atoms with Gasteiger partial charge in [0.05, 0.1) is 6.54 Å². The molecule has 1 aromatic rings. The van der Waals surface area contributed by atoms with Gasteiger partial charge in [-0.2, -0.15) is 0 Å². The second-order valence-corrected chi connectivity index (χ2v) is 4.72. The standard InChI is InChI=1S/C12H20N4OS.HI/c1-3-13-12(15-7-6-14-10(2)17)16-9-11-5-4-8-18-11;/h4-5,8H,3,6-7,9H2,1-2H3,(H,14,17)(H2,13,15,16);1H. The molecule has 3 N–H and O–H groups in total. The quantitative estimate of drug-likeness (QED) is 0.296. The Morgan fingerprint density at radius 1 is 1.32 bits per heavy atom. The molecule has 108 valence electrons. The van der Waals surface area contributed by atoms with E-state index in [1.165, 1.54) is 11.8 Å². The maximum Gasteiger partial charge on any atom is 0.216 e. The minimum Gasteiger partial charge on any atom is -0.357 e. The lowest BCUT2D eigenvalue weighted by molar-refractivity contribution is -0.118. The van der Waals surface area contributed by atoms with Crippen molar-refractivity contribution in [3.05, 3.63) is 22.4 Å². The minimum absolute atomic E-state index is 0. The summed E-state index contributed by atoms with van der Waals surface area (Å²) in [4.78, 5) is 16.4. The zero-order valence-corrected chi connectivity index (χ0v) is 14.4. The topological polar surface area (TPSA) is 65.5 Å². The van der Waals surface area contributed by atoms with E-state index in [2.05, 4.69) is 27.0 Å². The van der Waals surface area contributed by atoms with E-state index in [-0.39, 0.29) is 29.9 Å². The van der Waals surface area contributed by atoms with Gasteiger partial charge in [0, 0.05) is 31.4 Å². The third-order valence-corrected chi connectivity index (χ3v) is 2.97. The number of rotatable bonds is 6. The third kappa shape index (κ3) is 8.82. The first-order valence-electron chi connectivity index (χ1n) is 6.01. The molecule has 7 heteroatoms. The molecule has 0 saturated carbocycles. The predicted molar refractivity (Wildman–Crippen MR) is 91.2 cm³/mol. The molecule has 0 aromatic carbocycles. The Balaban J connectivity index is 0.00000324. The molecule has 5 nitrogen and oxygen atoms in total. The van der Waals surface area contributed by atoms with Crippen LogP contribution in [0.3, 0.4) is 0 Å². The summed E-state index contributed by atoms with van der Waals surface area (Å²) in [6.45, 7) is 6.28. The van der Waals surface area contributed by atoms with Crippen LogP contribution >= 0.6 is 35.3 Å². The zero-order chi connectivity index (χ0) is 13.2. The molecular weight excluding hydrogens is 375 g/mol. The molecule has 0 aliphatic carbocycles. The van der Waals surface area contributed by atoms with Crippen LogP contribution in [0.25, 0.3) is 0 Å². The highest BCUT2D eigenvalue weighted by molar-refractivity contribution is 14.0. The summed E-state index contributed by atoms with van der Waals surface area (Å²) in [5.74, 6) is 0.758. The average molecular weight is 396 g/mol. The molecule has 0 bridgehead atoms. The molecule has 0 unspecified atom stereocenters. The fourth-order valence-corrected chi connectivity index (χ4v) is 1.95. The number of thiophene rings is 1. The van der Waals surface area contributed by atoms with Gasteiger partial charge in [-0.3, -0.25) is 4.79 Å². The van der Waals surface area contributed by atoms with E-state index in [1.807, 2.05) is 18.4 Å². The van der Waals surface area contributed by atoms with E-state index < -0.39 is 0 Å². The number of guanidine groups is 1. The van der Waals surface area contributed by atoms with Gasteiger partial charge in [-0.25, -0.2) is 4.99 Å². The van der Waals surface area contributed by atoms with Gasteiger partial charge in [0.25, 0.3) is 0 Å². The fourth-order valence-electron chi connectivity index (χ4n) is 1.32. The van der Waals surface area contributed by atoms with Crippen LogP contribution in [0.1, 0.15) is 18.7 Å². The number of halogens is 1. The Morgan fingerprint density at radius 3 is 2.63 bits per heavy atom. The third-order valence-electron chi connectivity index (χ3n) is 2.11. The first-order valence-corrected chi connectivity index (χ1v) is 6.89. The van der Waals surface area contributed by atoms with Crippen LogP contribution in [0.4, 0.5) is 0 Å². The summed E-state index contributed by atoms with van der Waals surface area (Å²) in [6.07, 6.45) is 0. The van der Waals surface area contributed by atoms with Gasteiger partial charge in [-0.15, -0.1) is 35.3 Å².